The van der Waals surface area contributed by atoms with Crippen LogP contribution in [0.3, 0.4) is 0 Å². The standard InChI is InChI=1S/C12H14BrNOS/c1-3-8-4-6-10(16-8)12(14-2)9-5-7-11(13)15-9/h4-7,12,14H,3H2,1-2H3. The molecule has 2 aromatic rings. The van der Waals surface area contributed by atoms with Crippen LogP contribution in [0.4, 0.5) is 0 Å². The summed E-state index contributed by atoms with van der Waals surface area (Å²) < 4.78 is 6.37. The van der Waals surface area contributed by atoms with Gasteiger partial charge in [-0.05, 0) is 53.7 Å². The summed E-state index contributed by atoms with van der Waals surface area (Å²) in [5.41, 5.74) is 0. The van der Waals surface area contributed by atoms with Crippen molar-refractivity contribution in [2.24, 2.45) is 0 Å². The van der Waals surface area contributed by atoms with Crippen LogP contribution < -0.4 is 5.32 Å². The van der Waals surface area contributed by atoms with Gasteiger partial charge in [-0.2, -0.15) is 0 Å². The second-order valence-corrected chi connectivity index (χ2v) is 5.50. The van der Waals surface area contributed by atoms with Gasteiger partial charge in [0.1, 0.15) is 11.8 Å². The van der Waals surface area contributed by atoms with E-state index in [1.807, 2.05) is 30.5 Å². The van der Waals surface area contributed by atoms with Gasteiger partial charge in [0.15, 0.2) is 4.67 Å². The number of halogens is 1. The van der Waals surface area contributed by atoms with Crippen molar-refractivity contribution in [1.82, 2.24) is 5.32 Å². The molecule has 2 aromatic heterocycles. The molecule has 16 heavy (non-hydrogen) atoms. The van der Waals surface area contributed by atoms with Gasteiger partial charge in [-0.15, -0.1) is 11.3 Å². The first kappa shape index (κ1) is 11.9. The minimum absolute atomic E-state index is 0.150. The van der Waals surface area contributed by atoms with Crippen LogP contribution in [-0.2, 0) is 6.42 Å². The first-order valence-electron chi connectivity index (χ1n) is 5.25. The highest BCUT2D eigenvalue weighted by atomic mass is 79.9. The predicted octanol–water partition coefficient (Wildman–Crippen LogP) is 3.97. The molecule has 0 aliphatic carbocycles. The Morgan fingerprint density at radius 3 is 2.69 bits per heavy atom. The van der Waals surface area contributed by atoms with Crippen LogP contribution in [0.1, 0.15) is 28.5 Å². The van der Waals surface area contributed by atoms with E-state index in [0.717, 1.165) is 16.9 Å². The minimum atomic E-state index is 0.150. The highest BCUT2D eigenvalue weighted by Crippen LogP contribution is 2.30. The molecule has 2 heterocycles. The highest BCUT2D eigenvalue weighted by Gasteiger charge is 2.17. The molecule has 0 saturated carbocycles. The van der Waals surface area contributed by atoms with Crippen molar-refractivity contribution in [1.29, 1.82) is 0 Å². The lowest BCUT2D eigenvalue weighted by atomic mass is 10.2. The number of rotatable bonds is 4. The molecular formula is C12H14BrNOS. The number of hydrogen-bond acceptors (Lipinski definition) is 3. The SMILES string of the molecule is CCc1ccc(C(NC)c2ccc(Br)o2)s1. The molecule has 0 bridgehead atoms. The number of thiophene rings is 1. The first-order chi connectivity index (χ1) is 7.74. The molecule has 0 aromatic carbocycles. The van der Waals surface area contributed by atoms with Crippen molar-refractivity contribution in [2.45, 2.75) is 19.4 Å². The third kappa shape index (κ3) is 2.39. The van der Waals surface area contributed by atoms with E-state index < -0.39 is 0 Å². The van der Waals surface area contributed by atoms with E-state index in [-0.39, 0.29) is 6.04 Å². The van der Waals surface area contributed by atoms with Gasteiger partial charge in [-0.25, -0.2) is 0 Å². The Hall–Kier alpha value is -0.580. The normalized spacial score (nSPS) is 12.9. The molecule has 2 nitrogen and oxygen atoms in total. The van der Waals surface area contributed by atoms with Gasteiger partial charge in [-0.1, -0.05) is 6.92 Å². The summed E-state index contributed by atoms with van der Waals surface area (Å²) in [5.74, 6) is 0.943. The van der Waals surface area contributed by atoms with Crippen molar-refractivity contribution >= 4 is 27.3 Å². The summed E-state index contributed by atoms with van der Waals surface area (Å²) in [6.07, 6.45) is 1.09. The summed E-state index contributed by atoms with van der Waals surface area (Å²) in [4.78, 5) is 2.70. The molecule has 0 fully saturated rings. The zero-order chi connectivity index (χ0) is 11.5. The van der Waals surface area contributed by atoms with Gasteiger partial charge in [-0.3, -0.25) is 0 Å². The number of nitrogens with one attached hydrogen (secondary N) is 1. The molecule has 0 spiro atoms. The monoisotopic (exact) mass is 299 g/mol. The van der Waals surface area contributed by atoms with Crippen LogP contribution in [0.25, 0.3) is 0 Å². The maximum Gasteiger partial charge on any atom is 0.169 e. The van der Waals surface area contributed by atoms with Crippen molar-refractivity contribution in [2.75, 3.05) is 7.05 Å². The largest absolute Gasteiger partial charge is 0.452 e. The first-order valence-corrected chi connectivity index (χ1v) is 6.86. The minimum Gasteiger partial charge on any atom is -0.452 e. The van der Waals surface area contributed by atoms with Gasteiger partial charge in [0.25, 0.3) is 0 Å². The molecule has 0 saturated heterocycles. The van der Waals surface area contributed by atoms with Crippen molar-refractivity contribution < 1.29 is 4.42 Å². The third-order valence-corrected chi connectivity index (χ3v) is 4.20. The average Bonchev–Trinajstić information content (AvgIpc) is 2.89. The number of furan rings is 1. The van der Waals surface area contributed by atoms with E-state index >= 15 is 0 Å². The average molecular weight is 300 g/mol. The Kier molecular flexibility index (Phi) is 3.84. The molecule has 0 amide bonds. The molecule has 1 N–H and O–H groups in total. The van der Waals surface area contributed by atoms with Crippen LogP contribution in [0, 0.1) is 0 Å². The lowest BCUT2D eigenvalue weighted by molar-refractivity contribution is 0.449. The van der Waals surface area contributed by atoms with Gasteiger partial charge in [0.05, 0.1) is 0 Å². The van der Waals surface area contributed by atoms with E-state index in [1.54, 1.807) is 0 Å². The van der Waals surface area contributed by atoms with E-state index in [4.69, 9.17) is 4.42 Å². The Labute approximate surface area is 108 Å². The second kappa shape index (κ2) is 5.17. The van der Waals surface area contributed by atoms with Gasteiger partial charge < -0.3 is 9.73 Å². The zero-order valence-corrected chi connectivity index (χ0v) is 11.7. The molecule has 0 aliphatic heterocycles. The zero-order valence-electron chi connectivity index (χ0n) is 9.29. The van der Waals surface area contributed by atoms with Crippen molar-refractivity contribution in [3.8, 4) is 0 Å². The molecular weight excluding hydrogens is 286 g/mol. The van der Waals surface area contributed by atoms with Gasteiger partial charge >= 0.3 is 0 Å². The molecule has 0 aliphatic rings. The molecule has 4 heteroatoms. The van der Waals surface area contributed by atoms with Crippen LogP contribution >= 0.6 is 27.3 Å². The Morgan fingerprint density at radius 1 is 1.38 bits per heavy atom. The summed E-state index contributed by atoms with van der Waals surface area (Å²) >= 11 is 5.16. The highest BCUT2D eigenvalue weighted by molar-refractivity contribution is 9.10. The summed E-state index contributed by atoms with van der Waals surface area (Å²) in [6.45, 7) is 2.17. The lowest BCUT2D eigenvalue weighted by Crippen LogP contribution is -2.15. The maximum atomic E-state index is 5.59. The molecule has 1 unspecified atom stereocenters. The summed E-state index contributed by atoms with van der Waals surface area (Å²) in [6, 6.07) is 8.42. The van der Waals surface area contributed by atoms with E-state index in [0.29, 0.717) is 0 Å². The van der Waals surface area contributed by atoms with Gasteiger partial charge in [0.2, 0.25) is 0 Å². The molecule has 1 atom stereocenters. The van der Waals surface area contributed by atoms with Crippen LogP contribution in [0.2, 0.25) is 0 Å². The molecule has 0 radical (unpaired) electrons. The summed E-state index contributed by atoms with van der Waals surface area (Å²) in [7, 11) is 1.95. The maximum absolute atomic E-state index is 5.59. The van der Waals surface area contributed by atoms with E-state index in [9.17, 15) is 0 Å². The van der Waals surface area contributed by atoms with Gasteiger partial charge in [0, 0.05) is 9.75 Å². The fourth-order valence-corrected chi connectivity index (χ4v) is 3.04. The Morgan fingerprint density at radius 2 is 2.19 bits per heavy atom. The molecule has 86 valence electrons. The molecule has 2 rings (SSSR count). The van der Waals surface area contributed by atoms with Crippen LogP contribution in [0.5, 0.6) is 0 Å². The topological polar surface area (TPSA) is 25.2 Å². The summed E-state index contributed by atoms with van der Waals surface area (Å²) in [5, 5.41) is 3.28. The lowest BCUT2D eigenvalue weighted by Gasteiger charge is -2.11. The third-order valence-electron chi connectivity index (χ3n) is 2.48. The number of aryl methyl sites for hydroxylation is 1. The fourth-order valence-electron chi connectivity index (χ4n) is 1.65. The van der Waals surface area contributed by atoms with E-state index in [2.05, 4.69) is 40.3 Å². The smallest absolute Gasteiger partial charge is 0.169 e. The van der Waals surface area contributed by atoms with E-state index in [1.165, 1.54) is 9.75 Å². The second-order valence-electron chi connectivity index (χ2n) is 3.52. The fraction of sp³-hybridized carbons (Fsp3) is 0.333. The van der Waals surface area contributed by atoms with Crippen molar-refractivity contribution in [3.05, 3.63) is 44.4 Å². The Bertz CT molecular complexity index is 463. The predicted molar refractivity (Wildman–Crippen MR) is 71.0 cm³/mol. The quantitative estimate of drug-likeness (QED) is 0.924. The van der Waals surface area contributed by atoms with Crippen LogP contribution in [0.15, 0.2) is 33.4 Å². The Balaban J connectivity index is 2.28. The van der Waals surface area contributed by atoms with Crippen molar-refractivity contribution in [3.63, 3.8) is 0 Å². The number of hydrogen-bond donors (Lipinski definition) is 1. The van der Waals surface area contributed by atoms with Crippen LogP contribution in [-0.4, -0.2) is 7.05 Å².